The number of pyridine rings is 1. The van der Waals surface area contributed by atoms with E-state index in [4.69, 9.17) is 9.15 Å². The molecule has 1 unspecified atom stereocenters. The van der Waals surface area contributed by atoms with Crippen molar-refractivity contribution in [3.8, 4) is 17.6 Å². The summed E-state index contributed by atoms with van der Waals surface area (Å²) in [6, 6.07) is 19.4. The number of aryl methyl sites for hydroxylation is 2. The minimum Gasteiger partial charge on any atom is -0.489 e. The van der Waals surface area contributed by atoms with Crippen molar-refractivity contribution in [2.45, 2.75) is 37.5 Å². The number of hydrogen-bond acceptors (Lipinski definition) is 8. The van der Waals surface area contributed by atoms with Crippen LogP contribution in [-0.4, -0.2) is 35.3 Å². The Bertz CT molecular complexity index is 2010. The van der Waals surface area contributed by atoms with Crippen molar-refractivity contribution in [2.24, 2.45) is 0 Å². The maximum Gasteiger partial charge on any atom is 0.323 e. The molecular weight excluding hydrogens is 628 g/mol. The van der Waals surface area contributed by atoms with E-state index < -0.39 is 41.0 Å². The lowest BCUT2D eigenvalue weighted by atomic mass is 9.84. The van der Waals surface area contributed by atoms with Crippen molar-refractivity contribution >= 4 is 0 Å². The van der Waals surface area contributed by atoms with Crippen LogP contribution in [0.25, 0.3) is 0 Å². The van der Waals surface area contributed by atoms with Crippen molar-refractivity contribution < 1.29 is 31.8 Å². The first kappa shape index (κ1) is 32.1. The van der Waals surface area contributed by atoms with E-state index in [-0.39, 0.29) is 0 Å². The van der Waals surface area contributed by atoms with E-state index in [1.165, 1.54) is 11.6 Å². The molecule has 0 radical (unpaired) electrons. The van der Waals surface area contributed by atoms with Crippen molar-refractivity contribution in [1.82, 2.24) is 30.2 Å². The van der Waals surface area contributed by atoms with Gasteiger partial charge in [0.1, 0.15) is 42.3 Å². The van der Waals surface area contributed by atoms with E-state index in [2.05, 4.69) is 37.3 Å². The van der Waals surface area contributed by atoms with Crippen molar-refractivity contribution in [3.05, 3.63) is 155 Å². The molecule has 1 N–H and O–H groups in total. The van der Waals surface area contributed by atoms with E-state index in [0.717, 1.165) is 53.8 Å². The van der Waals surface area contributed by atoms with Crippen LogP contribution in [0.1, 0.15) is 39.4 Å². The molecule has 3 aromatic carbocycles. The summed E-state index contributed by atoms with van der Waals surface area (Å²) in [5, 5.41) is 21.6. The quantitative estimate of drug-likeness (QED) is 0.138. The Labute approximate surface area is 271 Å². The van der Waals surface area contributed by atoms with Gasteiger partial charge in [-0.15, -0.1) is 5.10 Å². The van der Waals surface area contributed by atoms with Crippen LogP contribution in [0.4, 0.5) is 17.6 Å². The van der Waals surface area contributed by atoms with E-state index in [1.54, 1.807) is 36.7 Å². The molecule has 0 aliphatic rings. The fourth-order valence-electron chi connectivity index (χ4n) is 4.91. The summed E-state index contributed by atoms with van der Waals surface area (Å²) in [5.74, 6) is 0.626. The fourth-order valence-corrected chi connectivity index (χ4v) is 4.91. The summed E-state index contributed by atoms with van der Waals surface area (Å²) in [6.45, 7) is -0.567. The Morgan fingerprint density at radius 2 is 1.60 bits per heavy atom. The summed E-state index contributed by atoms with van der Waals surface area (Å²) < 4.78 is 72.2. The molecule has 0 spiro atoms. The predicted molar refractivity (Wildman–Crippen MR) is 163 cm³/mol. The number of halogens is 4. The Hall–Kier alpha value is -5.87. The summed E-state index contributed by atoms with van der Waals surface area (Å²) in [5.41, 5.74) is -1.81. The molecule has 6 aromatic rings. The normalized spacial score (nSPS) is 12.6. The lowest BCUT2D eigenvalue weighted by Gasteiger charge is -2.35. The first-order valence-corrected chi connectivity index (χ1v) is 14.6. The summed E-state index contributed by atoms with van der Waals surface area (Å²) in [4.78, 5) is 7.96. The third kappa shape index (κ3) is 7.24. The maximum atomic E-state index is 15.9. The predicted octanol–water partition coefficient (Wildman–Crippen LogP) is 5.78. The van der Waals surface area contributed by atoms with Gasteiger partial charge in [-0.3, -0.25) is 4.98 Å². The topological polar surface area (TPSA) is 112 Å². The number of rotatable bonds is 11. The highest BCUT2D eigenvalue weighted by Gasteiger charge is 2.58. The first-order valence-electron chi connectivity index (χ1n) is 14.6. The molecule has 9 nitrogen and oxygen atoms in total. The van der Waals surface area contributed by atoms with Crippen LogP contribution in [-0.2, 0) is 37.5 Å². The van der Waals surface area contributed by atoms with Crippen LogP contribution in [0.15, 0.2) is 108 Å². The zero-order valence-electron chi connectivity index (χ0n) is 25.1. The Morgan fingerprint density at radius 3 is 2.27 bits per heavy atom. The van der Waals surface area contributed by atoms with Crippen LogP contribution in [0.2, 0.25) is 0 Å². The molecule has 1 atom stereocenters. The molecular formula is C35H26F4N6O3. The minimum atomic E-state index is -4.17. The van der Waals surface area contributed by atoms with E-state index in [0.29, 0.717) is 35.4 Å². The number of alkyl halides is 2. The number of tetrazole rings is 1. The Balaban J connectivity index is 1.09. The highest BCUT2D eigenvalue weighted by molar-refractivity contribution is 5.44. The molecule has 6 rings (SSSR count). The van der Waals surface area contributed by atoms with Crippen molar-refractivity contribution in [1.29, 1.82) is 0 Å². The number of nitrogens with zero attached hydrogens (tertiary/aromatic N) is 6. The van der Waals surface area contributed by atoms with Gasteiger partial charge in [0, 0.05) is 35.4 Å². The van der Waals surface area contributed by atoms with Gasteiger partial charge in [0.15, 0.2) is 11.5 Å². The van der Waals surface area contributed by atoms with Gasteiger partial charge < -0.3 is 14.3 Å². The number of hydrogen-bond donors (Lipinski definition) is 1. The molecule has 0 aliphatic carbocycles. The summed E-state index contributed by atoms with van der Waals surface area (Å²) in [7, 11) is 0. The molecule has 0 aliphatic heterocycles. The largest absolute Gasteiger partial charge is 0.489 e. The second kappa shape index (κ2) is 13.9. The maximum absolute atomic E-state index is 15.9. The Kier molecular flexibility index (Phi) is 9.26. The van der Waals surface area contributed by atoms with E-state index in [1.807, 2.05) is 24.3 Å². The summed E-state index contributed by atoms with van der Waals surface area (Å²) >= 11 is 0. The number of aromatic nitrogens is 6. The van der Waals surface area contributed by atoms with Crippen LogP contribution in [0.3, 0.4) is 0 Å². The number of benzene rings is 3. The number of ether oxygens (including phenoxy) is 1. The molecule has 242 valence electrons. The SMILES string of the molecule is OC(Cn1cnnn1)(c1ccc(F)cc1F)C(F)(F)c1ccc(C#Cc2ccc(OCc3ccc(CCc4ncco4)cc3)cc2)cn1. The second-order valence-corrected chi connectivity index (χ2v) is 10.8. The third-order valence-electron chi connectivity index (χ3n) is 7.51. The van der Waals surface area contributed by atoms with Gasteiger partial charge >= 0.3 is 5.92 Å². The molecule has 3 aromatic heterocycles. The van der Waals surface area contributed by atoms with Gasteiger partial charge in [-0.05, 0) is 76.5 Å². The van der Waals surface area contributed by atoms with Crippen LogP contribution in [0, 0.1) is 23.5 Å². The lowest BCUT2D eigenvalue weighted by Crippen LogP contribution is -2.48. The van der Waals surface area contributed by atoms with Gasteiger partial charge in [-0.25, -0.2) is 18.4 Å². The smallest absolute Gasteiger partial charge is 0.323 e. The van der Waals surface area contributed by atoms with Crippen LogP contribution in [0.5, 0.6) is 5.75 Å². The average molecular weight is 655 g/mol. The zero-order chi connectivity index (χ0) is 33.6. The van der Waals surface area contributed by atoms with E-state index in [9.17, 15) is 13.9 Å². The van der Waals surface area contributed by atoms with Crippen molar-refractivity contribution in [2.75, 3.05) is 0 Å². The van der Waals surface area contributed by atoms with Gasteiger partial charge in [0.05, 0.1) is 12.7 Å². The Morgan fingerprint density at radius 1 is 0.854 bits per heavy atom. The molecule has 0 fully saturated rings. The van der Waals surface area contributed by atoms with Gasteiger partial charge in [0.2, 0.25) is 0 Å². The number of aliphatic hydroxyl groups is 1. The second-order valence-electron chi connectivity index (χ2n) is 10.8. The number of oxazole rings is 1. The summed E-state index contributed by atoms with van der Waals surface area (Å²) in [6.07, 6.45) is 6.84. The molecule has 48 heavy (non-hydrogen) atoms. The average Bonchev–Trinajstić information content (AvgIpc) is 3.81. The lowest BCUT2D eigenvalue weighted by molar-refractivity contribution is -0.207. The van der Waals surface area contributed by atoms with Gasteiger partial charge in [-0.2, -0.15) is 8.78 Å². The molecule has 0 saturated carbocycles. The minimum absolute atomic E-state index is 0.315. The van der Waals surface area contributed by atoms with Crippen molar-refractivity contribution in [3.63, 3.8) is 0 Å². The fraction of sp³-hybridized carbons (Fsp3) is 0.171. The monoisotopic (exact) mass is 654 g/mol. The molecule has 0 amide bonds. The molecule has 13 heteroatoms. The van der Waals surface area contributed by atoms with Crippen LogP contribution >= 0.6 is 0 Å². The zero-order valence-corrected chi connectivity index (χ0v) is 25.1. The molecule has 3 heterocycles. The highest BCUT2D eigenvalue weighted by Crippen LogP contribution is 2.46. The first-order chi connectivity index (χ1) is 23.2. The highest BCUT2D eigenvalue weighted by atomic mass is 19.3. The molecule has 0 saturated heterocycles. The molecule has 0 bridgehead atoms. The van der Waals surface area contributed by atoms with Crippen LogP contribution < -0.4 is 4.74 Å². The van der Waals surface area contributed by atoms with Gasteiger partial charge in [-0.1, -0.05) is 36.1 Å². The van der Waals surface area contributed by atoms with E-state index >= 15 is 8.78 Å². The van der Waals surface area contributed by atoms with Gasteiger partial charge in [0.25, 0.3) is 0 Å². The standard InChI is InChI=1S/C35H26F4N6O3/c36-28-11-14-30(31(37)19-28)34(46,22-45-23-42-43-44-45)35(38,39)32-15-9-26(20-41-32)4-1-25-7-12-29(13-8-25)48-21-27-5-2-24(3-6-27)10-16-33-40-17-18-47-33/h2-3,5-9,11-15,17-20,23,46H,10,16,21-22H2. The third-order valence-corrected chi connectivity index (χ3v) is 7.51.